The number of hydrogen-bond donors (Lipinski definition) is 0. The van der Waals surface area contributed by atoms with Crippen molar-refractivity contribution in [3.63, 3.8) is 0 Å². The second kappa shape index (κ2) is 3.70. The number of aliphatic imine (C=N–C) groups is 1. The van der Waals surface area contributed by atoms with Gasteiger partial charge in [-0.05, 0) is 30.9 Å². The van der Waals surface area contributed by atoms with E-state index in [0.29, 0.717) is 5.92 Å². The molecule has 0 fully saturated rings. The van der Waals surface area contributed by atoms with Crippen molar-refractivity contribution in [3.8, 4) is 0 Å². The van der Waals surface area contributed by atoms with E-state index >= 15 is 0 Å². The van der Waals surface area contributed by atoms with E-state index in [1.165, 1.54) is 16.7 Å². The summed E-state index contributed by atoms with van der Waals surface area (Å²) in [7, 11) is 0. The molecule has 12 heavy (non-hydrogen) atoms. The molecule has 1 nitrogen and oxygen atoms in total. The van der Waals surface area contributed by atoms with Gasteiger partial charge in [-0.3, -0.25) is 4.99 Å². The maximum Gasteiger partial charge on any atom is 0.0301 e. The second-order valence-corrected chi connectivity index (χ2v) is 3.75. The molecule has 1 heteroatoms. The van der Waals surface area contributed by atoms with Crippen LogP contribution in [0.1, 0.15) is 34.1 Å². The van der Waals surface area contributed by atoms with Gasteiger partial charge in [-0.1, -0.05) is 19.4 Å². The van der Waals surface area contributed by atoms with Crippen molar-refractivity contribution >= 4 is 6.21 Å². The minimum absolute atomic E-state index is 0.590. The van der Waals surface area contributed by atoms with Crippen LogP contribution in [0.15, 0.2) is 27.9 Å². The maximum absolute atomic E-state index is 4.19. The van der Waals surface area contributed by atoms with E-state index in [9.17, 15) is 0 Å². The van der Waals surface area contributed by atoms with Gasteiger partial charge in [-0.2, -0.15) is 0 Å². The molecule has 1 rings (SSSR count). The third-order valence-corrected chi connectivity index (χ3v) is 2.19. The number of hydrogen-bond acceptors (Lipinski definition) is 1. The largest absolute Gasteiger partial charge is 0.268 e. The summed E-state index contributed by atoms with van der Waals surface area (Å²) < 4.78 is 0. The van der Waals surface area contributed by atoms with Crippen molar-refractivity contribution in [2.75, 3.05) is 0 Å². The number of rotatable bonds is 1. The lowest BCUT2D eigenvalue weighted by molar-refractivity contribution is 0.763. The summed E-state index contributed by atoms with van der Waals surface area (Å²) in [6.07, 6.45) is 4.98. The highest BCUT2D eigenvalue weighted by Gasteiger charge is 2.11. The summed E-state index contributed by atoms with van der Waals surface area (Å²) in [6, 6.07) is 0. The Balaban J connectivity index is 3.00. The number of nitrogens with zero attached hydrogens (tertiary/aromatic N) is 1. The lowest BCUT2D eigenvalue weighted by Gasteiger charge is -2.17. The fraction of sp³-hybridized carbons (Fsp3) is 0.545. The van der Waals surface area contributed by atoms with Gasteiger partial charge in [-0.25, -0.2) is 0 Å². The fourth-order valence-electron chi connectivity index (χ4n) is 1.46. The van der Waals surface area contributed by atoms with Crippen molar-refractivity contribution in [2.45, 2.75) is 34.1 Å². The molecule has 0 atom stereocenters. The van der Waals surface area contributed by atoms with Gasteiger partial charge >= 0.3 is 0 Å². The minimum Gasteiger partial charge on any atom is -0.268 e. The summed E-state index contributed by atoms with van der Waals surface area (Å²) in [5.41, 5.74) is 4.29. The molecule has 0 aromatic heterocycles. The van der Waals surface area contributed by atoms with Gasteiger partial charge in [0, 0.05) is 18.8 Å². The lowest BCUT2D eigenvalue weighted by atomic mass is 9.90. The van der Waals surface area contributed by atoms with E-state index < -0.39 is 0 Å². The van der Waals surface area contributed by atoms with Crippen LogP contribution in [0, 0.1) is 5.92 Å². The third-order valence-electron chi connectivity index (χ3n) is 2.19. The van der Waals surface area contributed by atoms with E-state index in [4.69, 9.17) is 0 Å². The highest BCUT2D eigenvalue weighted by Crippen LogP contribution is 2.26. The normalized spacial score (nSPS) is 16.8. The van der Waals surface area contributed by atoms with E-state index in [1.807, 2.05) is 12.4 Å². The molecule has 0 aromatic carbocycles. The Kier molecular flexibility index (Phi) is 2.85. The van der Waals surface area contributed by atoms with Crippen LogP contribution in [0.25, 0.3) is 0 Å². The highest BCUT2D eigenvalue weighted by atomic mass is 14.7. The second-order valence-electron chi connectivity index (χ2n) is 3.75. The molecule has 1 aliphatic heterocycles. The summed E-state index contributed by atoms with van der Waals surface area (Å²) in [4.78, 5) is 4.19. The Morgan fingerprint density at radius 1 is 1.42 bits per heavy atom. The average molecular weight is 163 g/mol. The first kappa shape index (κ1) is 9.24. The smallest absolute Gasteiger partial charge is 0.0301 e. The lowest BCUT2D eigenvalue weighted by Crippen LogP contribution is -2.03. The molecule has 0 N–H and O–H groups in total. The third kappa shape index (κ3) is 1.84. The van der Waals surface area contributed by atoms with Gasteiger partial charge in [0.2, 0.25) is 0 Å². The van der Waals surface area contributed by atoms with Gasteiger partial charge < -0.3 is 0 Å². The van der Waals surface area contributed by atoms with Crippen molar-refractivity contribution in [1.29, 1.82) is 0 Å². The quantitative estimate of drug-likeness (QED) is 0.562. The molecule has 0 aromatic rings. The highest BCUT2D eigenvalue weighted by molar-refractivity contribution is 5.67. The van der Waals surface area contributed by atoms with Crippen molar-refractivity contribution < 1.29 is 0 Å². The van der Waals surface area contributed by atoms with Gasteiger partial charge in [-0.15, -0.1) is 0 Å². The van der Waals surface area contributed by atoms with Crippen LogP contribution in [0.5, 0.6) is 0 Å². The summed E-state index contributed by atoms with van der Waals surface area (Å²) in [5, 5.41) is 0. The molecule has 0 saturated heterocycles. The van der Waals surface area contributed by atoms with Crippen LogP contribution in [0.2, 0.25) is 0 Å². The van der Waals surface area contributed by atoms with Crippen molar-refractivity contribution in [1.82, 2.24) is 0 Å². The molecule has 1 aliphatic rings. The Bertz CT molecular complexity index is 250. The molecule has 0 saturated carbocycles. The SMILES string of the molecule is CC(C)=C1CC=NC=C1C(C)C. The predicted octanol–water partition coefficient (Wildman–Crippen LogP) is 3.34. The van der Waals surface area contributed by atoms with Crippen LogP contribution in [-0.2, 0) is 0 Å². The molecule has 0 spiro atoms. The zero-order chi connectivity index (χ0) is 9.14. The molecule has 0 radical (unpaired) electrons. The molecular weight excluding hydrogens is 146 g/mol. The van der Waals surface area contributed by atoms with Crippen LogP contribution in [-0.4, -0.2) is 6.21 Å². The Morgan fingerprint density at radius 2 is 2.08 bits per heavy atom. The van der Waals surface area contributed by atoms with E-state index in [1.54, 1.807) is 0 Å². The zero-order valence-electron chi connectivity index (χ0n) is 8.39. The van der Waals surface area contributed by atoms with Crippen LogP contribution >= 0.6 is 0 Å². The first-order chi connectivity index (χ1) is 5.63. The minimum atomic E-state index is 0.590. The molecule has 0 amide bonds. The topological polar surface area (TPSA) is 12.4 Å². The standard InChI is InChI=1S/C11H17N/c1-8(2)10-5-6-12-7-11(10)9(3)4/h6-7,9H,5H2,1-4H3. The van der Waals surface area contributed by atoms with Crippen molar-refractivity contribution in [2.24, 2.45) is 10.9 Å². The summed E-state index contributed by atoms with van der Waals surface area (Å²) in [6.45, 7) is 8.78. The Morgan fingerprint density at radius 3 is 2.50 bits per heavy atom. The first-order valence-electron chi connectivity index (χ1n) is 4.51. The Hall–Kier alpha value is -0.850. The maximum atomic E-state index is 4.19. The molecule has 1 heterocycles. The van der Waals surface area contributed by atoms with E-state index in [-0.39, 0.29) is 0 Å². The van der Waals surface area contributed by atoms with E-state index in [0.717, 1.165) is 6.42 Å². The van der Waals surface area contributed by atoms with Crippen LogP contribution in [0.3, 0.4) is 0 Å². The van der Waals surface area contributed by atoms with Gasteiger partial charge in [0.25, 0.3) is 0 Å². The van der Waals surface area contributed by atoms with Crippen LogP contribution in [0.4, 0.5) is 0 Å². The molecule has 0 unspecified atom stereocenters. The average Bonchev–Trinajstić information content (AvgIpc) is 2.04. The molecule has 0 bridgehead atoms. The van der Waals surface area contributed by atoms with E-state index in [2.05, 4.69) is 32.7 Å². The summed E-state index contributed by atoms with van der Waals surface area (Å²) in [5.74, 6) is 0.590. The summed E-state index contributed by atoms with van der Waals surface area (Å²) >= 11 is 0. The number of allylic oxidation sites excluding steroid dienone is 3. The van der Waals surface area contributed by atoms with Gasteiger partial charge in [0.15, 0.2) is 0 Å². The van der Waals surface area contributed by atoms with Gasteiger partial charge in [0.1, 0.15) is 0 Å². The Labute approximate surface area is 74.9 Å². The molecular formula is C11H17N. The van der Waals surface area contributed by atoms with Gasteiger partial charge in [0.05, 0.1) is 0 Å². The van der Waals surface area contributed by atoms with Crippen LogP contribution < -0.4 is 0 Å². The monoisotopic (exact) mass is 163 g/mol. The van der Waals surface area contributed by atoms with Crippen molar-refractivity contribution in [3.05, 3.63) is 22.9 Å². The predicted molar refractivity (Wildman–Crippen MR) is 54.4 cm³/mol. The molecule has 66 valence electrons. The first-order valence-corrected chi connectivity index (χ1v) is 4.51. The molecule has 0 aliphatic carbocycles. The zero-order valence-corrected chi connectivity index (χ0v) is 8.39. The fourth-order valence-corrected chi connectivity index (χ4v) is 1.46.